The summed E-state index contributed by atoms with van der Waals surface area (Å²) in [4.78, 5) is 23.7. The fraction of sp³-hybridized carbons (Fsp3) is 0.429. The highest BCUT2D eigenvalue weighted by Crippen LogP contribution is 2.46. The Morgan fingerprint density at radius 3 is 2.42 bits per heavy atom. The molecule has 0 radical (unpaired) electrons. The van der Waals surface area contributed by atoms with Gasteiger partial charge in [-0.1, -0.05) is 30.3 Å². The number of nitrogens with one attached hydrogen (secondary N) is 2. The van der Waals surface area contributed by atoms with Crippen molar-refractivity contribution >= 4 is 11.8 Å². The first-order valence-corrected chi connectivity index (χ1v) is 6.41. The molecule has 4 N–H and O–H groups in total. The summed E-state index contributed by atoms with van der Waals surface area (Å²) in [6.07, 6.45) is 1.22. The quantitative estimate of drug-likeness (QED) is 0.668. The maximum atomic E-state index is 12.0. The van der Waals surface area contributed by atoms with Crippen molar-refractivity contribution in [1.29, 1.82) is 0 Å². The van der Waals surface area contributed by atoms with Crippen LogP contribution >= 0.6 is 0 Å². The summed E-state index contributed by atoms with van der Waals surface area (Å²) in [5.74, 6) is -0.434. The van der Waals surface area contributed by atoms with Gasteiger partial charge in [0.25, 0.3) is 0 Å². The molecule has 0 aliphatic heterocycles. The van der Waals surface area contributed by atoms with Crippen LogP contribution in [0.4, 0.5) is 0 Å². The molecule has 5 nitrogen and oxygen atoms in total. The van der Waals surface area contributed by atoms with E-state index in [-0.39, 0.29) is 17.9 Å². The number of hydrogen-bond donors (Lipinski definition) is 3. The highest BCUT2D eigenvalue weighted by Gasteiger charge is 2.56. The van der Waals surface area contributed by atoms with Crippen LogP contribution in [0.1, 0.15) is 24.4 Å². The molecule has 1 atom stereocenters. The smallest absolute Gasteiger partial charge is 0.235 e. The van der Waals surface area contributed by atoms with Gasteiger partial charge in [-0.3, -0.25) is 9.59 Å². The molecule has 2 amide bonds. The van der Waals surface area contributed by atoms with E-state index in [2.05, 4.69) is 10.6 Å². The van der Waals surface area contributed by atoms with Crippen LogP contribution in [0, 0.1) is 5.41 Å². The Morgan fingerprint density at radius 1 is 1.26 bits per heavy atom. The third-order valence-corrected chi connectivity index (χ3v) is 3.56. The Kier molecular flexibility index (Phi) is 3.85. The third kappa shape index (κ3) is 2.76. The fourth-order valence-electron chi connectivity index (χ4n) is 2.11. The zero-order chi connectivity index (χ0) is 13.9. The summed E-state index contributed by atoms with van der Waals surface area (Å²) in [5, 5.41) is 5.31. The van der Waals surface area contributed by atoms with Crippen LogP contribution < -0.4 is 16.4 Å². The minimum atomic E-state index is -0.856. The minimum Gasteiger partial charge on any atom is -0.358 e. The van der Waals surface area contributed by atoms with Crippen molar-refractivity contribution in [2.45, 2.75) is 18.9 Å². The van der Waals surface area contributed by atoms with Crippen LogP contribution in [-0.4, -0.2) is 25.4 Å². The molecule has 102 valence electrons. The van der Waals surface area contributed by atoms with Gasteiger partial charge in [-0.2, -0.15) is 0 Å². The lowest BCUT2D eigenvalue weighted by atomic mass is 10.0. The van der Waals surface area contributed by atoms with Gasteiger partial charge < -0.3 is 16.4 Å². The van der Waals surface area contributed by atoms with E-state index in [4.69, 9.17) is 5.73 Å². The fourth-order valence-corrected chi connectivity index (χ4v) is 2.11. The molecule has 1 unspecified atom stereocenters. The summed E-state index contributed by atoms with van der Waals surface area (Å²) in [5.41, 5.74) is 6.11. The molecule has 0 aromatic heterocycles. The van der Waals surface area contributed by atoms with Crippen LogP contribution in [0.3, 0.4) is 0 Å². The maximum Gasteiger partial charge on any atom is 0.235 e. The molecule has 5 heteroatoms. The lowest BCUT2D eigenvalue weighted by Crippen LogP contribution is -2.43. The maximum absolute atomic E-state index is 12.0. The number of amides is 2. The second-order valence-corrected chi connectivity index (χ2v) is 4.89. The Bertz CT molecular complexity index is 469. The highest BCUT2D eigenvalue weighted by atomic mass is 16.2. The van der Waals surface area contributed by atoms with E-state index in [1.807, 2.05) is 30.3 Å². The number of carbonyl (C=O) groups excluding carboxylic acids is 2. The average Bonchev–Trinajstić information content (AvgIpc) is 3.26. The zero-order valence-electron chi connectivity index (χ0n) is 11.0. The molecule has 1 aromatic rings. The van der Waals surface area contributed by atoms with Crippen molar-refractivity contribution in [3.8, 4) is 0 Å². The van der Waals surface area contributed by atoms with E-state index in [0.29, 0.717) is 19.4 Å². The zero-order valence-corrected chi connectivity index (χ0v) is 11.0. The summed E-state index contributed by atoms with van der Waals surface area (Å²) in [7, 11) is 1.55. The number of benzene rings is 1. The second-order valence-electron chi connectivity index (χ2n) is 4.89. The largest absolute Gasteiger partial charge is 0.358 e. The molecule has 1 aromatic carbocycles. The second kappa shape index (κ2) is 5.40. The Morgan fingerprint density at radius 2 is 1.89 bits per heavy atom. The molecule has 1 fully saturated rings. The van der Waals surface area contributed by atoms with Crippen molar-refractivity contribution in [1.82, 2.24) is 10.6 Å². The molecule has 19 heavy (non-hydrogen) atoms. The lowest BCUT2D eigenvalue weighted by Gasteiger charge is -2.17. The van der Waals surface area contributed by atoms with Crippen LogP contribution in [0.2, 0.25) is 0 Å². The summed E-state index contributed by atoms with van der Waals surface area (Å²) >= 11 is 0. The number of nitrogens with two attached hydrogens (primary N) is 1. The first kappa shape index (κ1) is 13.5. The lowest BCUT2D eigenvalue weighted by molar-refractivity contribution is -0.136. The monoisotopic (exact) mass is 261 g/mol. The van der Waals surface area contributed by atoms with Gasteiger partial charge in [0.15, 0.2) is 0 Å². The van der Waals surface area contributed by atoms with E-state index < -0.39 is 5.41 Å². The van der Waals surface area contributed by atoms with E-state index in [0.717, 1.165) is 5.56 Å². The topological polar surface area (TPSA) is 84.2 Å². The van der Waals surface area contributed by atoms with E-state index >= 15 is 0 Å². The van der Waals surface area contributed by atoms with Crippen molar-refractivity contribution in [2.24, 2.45) is 11.1 Å². The average molecular weight is 261 g/mol. The predicted molar refractivity (Wildman–Crippen MR) is 72.1 cm³/mol. The number of rotatable bonds is 5. The molecular weight excluding hydrogens is 242 g/mol. The van der Waals surface area contributed by atoms with E-state index in [9.17, 15) is 9.59 Å². The SMILES string of the molecule is CNC(=O)C1(C(=O)NCC(N)c2ccccc2)CC1. The van der Waals surface area contributed by atoms with Crippen molar-refractivity contribution in [3.63, 3.8) is 0 Å². The summed E-state index contributed by atoms with van der Waals surface area (Å²) in [6, 6.07) is 9.31. The predicted octanol–water partition coefficient (Wildman–Crippen LogP) is 0.329. The first-order chi connectivity index (χ1) is 9.10. The molecule has 1 aliphatic rings. The van der Waals surface area contributed by atoms with Crippen LogP contribution in [0.5, 0.6) is 0 Å². The minimum absolute atomic E-state index is 0.210. The molecule has 0 bridgehead atoms. The van der Waals surface area contributed by atoms with Gasteiger partial charge >= 0.3 is 0 Å². The van der Waals surface area contributed by atoms with Gasteiger partial charge in [-0.15, -0.1) is 0 Å². The molecule has 1 saturated carbocycles. The molecule has 0 spiro atoms. The number of carbonyl (C=O) groups is 2. The molecule has 0 saturated heterocycles. The molecular formula is C14H19N3O2. The van der Waals surface area contributed by atoms with Crippen LogP contribution in [0.25, 0.3) is 0 Å². The standard InChI is InChI=1S/C14H19N3O2/c1-16-12(18)14(7-8-14)13(19)17-9-11(15)10-5-3-2-4-6-10/h2-6,11H,7-9,15H2,1H3,(H,16,18)(H,17,19). The first-order valence-electron chi connectivity index (χ1n) is 6.41. The Balaban J connectivity index is 1.89. The van der Waals surface area contributed by atoms with Gasteiger partial charge in [0, 0.05) is 19.6 Å². The van der Waals surface area contributed by atoms with Gasteiger partial charge in [0.2, 0.25) is 11.8 Å². The van der Waals surface area contributed by atoms with Gasteiger partial charge in [-0.05, 0) is 18.4 Å². The van der Waals surface area contributed by atoms with Crippen LogP contribution in [0.15, 0.2) is 30.3 Å². The van der Waals surface area contributed by atoms with Gasteiger partial charge in [-0.25, -0.2) is 0 Å². The van der Waals surface area contributed by atoms with Crippen molar-refractivity contribution in [2.75, 3.05) is 13.6 Å². The molecule has 0 heterocycles. The third-order valence-electron chi connectivity index (χ3n) is 3.56. The normalized spacial score (nSPS) is 17.4. The summed E-state index contributed by atoms with van der Waals surface area (Å²) < 4.78 is 0. The van der Waals surface area contributed by atoms with E-state index in [1.54, 1.807) is 7.05 Å². The van der Waals surface area contributed by atoms with Crippen LogP contribution in [-0.2, 0) is 9.59 Å². The van der Waals surface area contributed by atoms with Gasteiger partial charge in [0.1, 0.15) is 5.41 Å². The van der Waals surface area contributed by atoms with Crippen molar-refractivity contribution < 1.29 is 9.59 Å². The highest BCUT2D eigenvalue weighted by molar-refractivity contribution is 6.07. The number of hydrogen-bond acceptors (Lipinski definition) is 3. The molecule has 2 rings (SSSR count). The van der Waals surface area contributed by atoms with Crippen molar-refractivity contribution in [3.05, 3.63) is 35.9 Å². The molecule has 1 aliphatic carbocycles. The summed E-state index contributed by atoms with van der Waals surface area (Å²) in [6.45, 7) is 0.335. The van der Waals surface area contributed by atoms with E-state index in [1.165, 1.54) is 0 Å². The Labute approximate surface area is 112 Å². The van der Waals surface area contributed by atoms with Gasteiger partial charge in [0.05, 0.1) is 0 Å². The Hall–Kier alpha value is -1.88.